The van der Waals surface area contributed by atoms with Gasteiger partial charge in [0, 0.05) is 24.6 Å². The minimum atomic E-state index is -0.00253. The third-order valence-electron chi connectivity index (χ3n) is 4.81. The topological polar surface area (TPSA) is 45.2 Å². The van der Waals surface area contributed by atoms with Gasteiger partial charge >= 0.3 is 6.03 Å². The van der Waals surface area contributed by atoms with Crippen LogP contribution in [0, 0.1) is 0 Å². The molecule has 1 aromatic heterocycles. The van der Waals surface area contributed by atoms with E-state index in [-0.39, 0.29) is 12.1 Å². The van der Waals surface area contributed by atoms with Crippen molar-refractivity contribution in [1.82, 2.24) is 9.88 Å². The molecule has 24 heavy (non-hydrogen) atoms. The first-order chi connectivity index (χ1) is 11.7. The van der Waals surface area contributed by atoms with E-state index in [0.29, 0.717) is 0 Å². The number of likely N-dealkylation sites (tertiary alicyclic amines) is 1. The van der Waals surface area contributed by atoms with Crippen LogP contribution >= 0.6 is 0 Å². The monoisotopic (exact) mass is 323 g/mol. The molecule has 1 aromatic carbocycles. The van der Waals surface area contributed by atoms with Crippen molar-refractivity contribution in [2.45, 2.75) is 45.6 Å². The van der Waals surface area contributed by atoms with E-state index in [9.17, 15) is 4.79 Å². The third kappa shape index (κ3) is 3.42. The zero-order chi connectivity index (χ0) is 16.9. The SMILES string of the molecule is CCc1ccc(CC)c(NC(=O)N2CCC[C@@H]2c2ccncc2)c1. The molecular formula is C20H25N3O. The lowest BCUT2D eigenvalue weighted by Gasteiger charge is -2.26. The summed E-state index contributed by atoms with van der Waals surface area (Å²) < 4.78 is 0. The summed E-state index contributed by atoms with van der Waals surface area (Å²) in [7, 11) is 0. The van der Waals surface area contributed by atoms with Gasteiger partial charge in [-0.3, -0.25) is 4.98 Å². The lowest BCUT2D eigenvalue weighted by atomic mass is 10.1. The second-order valence-corrected chi connectivity index (χ2v) is 6.26. The van der Waals surface area contributed by atoms with Crippen LogP contribution in [0.5, 0.6) is 0 Å². The molecule has 1 fully saturated rings. The molecule has 3 rings (SSSR count). The zero-order valence-corrected chi connectivity index (χ0v) is 14.5. The molecule has 1 aliphatic heterocycles. The third-order valence-corrected chi connectivity index (χ3v) is 4.81. The van der Waals surface area contributed by atoms with E-state index in [4.69, 9.17) is 0 Å². The number of aryl methyl sites for hydroxylation is 2. The van der Waals surface area contributed by atoms with Crippen LogP contribution in [0.25, 0.3) is 0 Å². The summed E-state index contributed by atoms with van der Waals surface area (Å²) in [5, 5.41) is 3.15. The van der Waals surface area contributed by atoms with Crippen molar-refractivity contribution in [3.05, 3.63) is 59.4 Å². The van der Waals surface area contributed by atoms with E-state index in [1.54, 1.807) is 12.4 Å². The van der Waals surface area contributed by atoms with E-state index in [0.717, 1.165) is 43.5 Å². The van der Waals surface area contributed by atoms with Crippen LogP contribution in [0.4, 0.5) is 10.5 Å². The Morgan fingerprint density at radius 2 is 2.00 bits per heavy atom. The Bertz CT molecular complexity index is 699. The summed E-state index contributed by atoms with van der Waals surface area (Å²) in [6, 6.07) is 10.5. The maximum absolute atomic E-state index is 12.9. The number of nitrogens with zero attached hydrogens (tertiary/aromatic N) is 2. The average molecular weight is 323 g/mol. The van der Waals surface area contributed by atoms with Crippen molar-refractivity contribution >= 4 is 11.7 Å². The molecule has 0 radical (unpaired) electrons. The van der Waals surface area contributed by atoms with Crippen molar-refractivity contribution in [1.29, 1.82) is 0 Å². The molecule has 4 heteroatoms. The number of hydrogen-bond acceptors (Lipinski definition) is 2. The van der Waals surface area contributed by atoms with Gasteiger partial charge in [-0.05, 0) is 60.6 Å². The quantitative estimate of drug-likeness (QED) is 0.895. The van der Waals surface area contributed by atoms with Crippen LogP contribution in [0.2, 0.25) is 0 Å². The Kier molecular flexibility index (Phi) is 5.14. The van der Waals surface area contributed by atoms with Crippen molar-refractivity contribution < 1.29 is 4.79 Å². The molecule has 2 aromatic rings. The number of aromatic nitrogens is 1. The second kappa shape index (κ2) is 7.47. The number of amides is 2. The smallest absolute Gasteiger partial charge is 0.317 e. The maximum Gasteiger partial charge on any atom is 0.322 e. The van der Waals surface area contributed by atoms with Gasteiger partial charge in [0.25, 0.3) is 0 Å². The largest absolute Gasteiger partial charge is 0.322 e. The zero-order valence-electron chi connectivity index (χ0n) is 14.5. The maximum atomic E-state index is 12.9. The summed E-state index contributed by atoms with van der Waals surface area (Å²) in [6.07, 6.45) is 7.51. The van der Waals surface area contributed by atoms with Crippen LogP contribution in [0.1, 0.15) is 49.4 Å². The fourth-order valence-electron chi connectivity index (χ4n) is 3.40. The fourth-order valence-corrected chi connectivity index (χ4v) is 3.40. The van der Waals surface area contributed by atoms with Gasteiger partial charge in [-0.25, -0.2) is 4.79 Å². The molecule has 0 unspecified atom stereocenters. The van der Waals surface area contributed by atoms with Gasteiger partial charge in [-0.15, -0.1) is 0 Å². The normalized spacial score (nSPS) is 17.1. The minimum Gasteiger partial charge on any atom is -0.317 e. The van der Waals surface area contributed by atoms with Gasteiger partial charge in [0.05, 0.1) is 6.04 Å². The van der Waals surface area contributed by atoms with Crippen LogP contribution in [-0.4, -0.2) is 22.5 Å². The molecule has 1 atom stereocenters. The van der Waals surface area contributed by atoms with Crippen molar-refractivity contribution in [2.24, 2.45) is 0 Å². The molecule has 4 nitrogen and oxygen atoms in total. The minimum absolute atomic E-state index is 0.00253. The highest BCUT2D eigenvalue weighted by atomic mass is 16.2. The Morgan fingerprint density at radius 3 is 2.71 bits per heavy atom. The molecule has 1 aliphatic rings. The fraction of sp³-hybridized carbons (Fsp3) is 0.400. The number of urea groups is 1. The molecule has 1 N–H and O–H groups in total. The van der Waals surface area contributed by atoms with Gasteiger partial charge in [0.1, 0.15) is 0 Å². The molecule has 0 spiro atoms. The van der Waals surface area contributed by atoms with Gasteiger partial charge < -0.3 is 10.2 Å². The standard InChI is InChI=1S/C20H25N3O/c1-3-15-7-8-16(4-2)18(14-15)22-20(24)23-13-5-6-19(23)17-9-11-21-12-10-17/h7-12,14,19H,3-6,13H2,1-2H3,(H,22,24)/t19-/m1/s1. The van der Waals surface area contributed by atoms with Crippen molar-refractivity contribution in [3.8, 4) is 0 Å². The number of carbonyl (C=O) groups is 1. The van der Waals surface area contributed by atoms with Crippen LogP contribution in [0.15, 0.2) is 42.7 Å². The van der Waals surface area contributed by atoms with E-state index in [1.165, 1.54) is 11.1 Å². The lowest BCUT2D eigenvalue weighted by molar-refractivity contribution is 0.207. The number of benzene rings is 1. The second-order valence-electron chi connectivity index (χ2n) is 6.26. The van der Waals surface area contributed by atoms with Crippen LogP contribution in [0.3, 0.4) is 0 Å². The Morgan fingerprint density at radius 1 is 1.21 bits per heavy atom. The molecular weight excluding hydrogens is 298 g/mol. The molecule has 0 saturated carbocycles. The average Bonchev–Trinajstić information content (AvgIpc) is 3.12. The number of nitrogens with one attached hydrogen (secondary N) is 1. The predicted octanol–water partition coefficient (Wildman–Crippen LogP) is 4.58. The number of carbonyl (C=O) groups excluding carboxylic acids is 1. The highest BCUT2D eigenvalue weighted by Crippen LogP contribution is 2.32. The van der Waals surface area contributed by atoms with E-state index in [1.807, 2.05) is 17.0 Å². The first-order valence-corrected chi connectivity index (χ1v) is 8.82. The van der Waals surface area contributed by atoms with Gasteiger partial charge in [-0.2, -0.15) is 0 Å². The number of rotatable bonds is 4. The Hall–Kier alpha value is -2.36. The summed E-state index contributed by atoms with van der Waals surface area (Å²) in [4.78, 5) is 18.9. The Labute approximate surface area is 143 Å². The van der Waals surface area contributed by atoms with E-state index < -0.39 is 0 Å². The molecule has 2 amide bonds. The predicted molar refractivity (Wildman–Crippen MR) is 97.1 cm³/mol. The Balaban J connectivity index is 1.79. The van der Waals surface area contributed by atoms with Gasteiger partial charge in [0.2, 0.25) is 0 Å². The molecule has 0 aliphatic carbocycles. The molecule has 126 valence electrons. The van der Waals surface area contributed by atoms with Crippen LogP contribution < -0.4 is 5.32 Å². The van der Waals surface area contributed by atoms with Crippen molar-refractivity contribution in [2.75, 3.05) is 11.9 Å². The number of hydrogen-bond donors (Lipinski definition) is 1. The van der Waals surface area contributed by atoms with Gasteiger partial charge in [0.15, 0.2) is 0 Å². The summed E-state index contributed by atoms with van der Waals surface area (Å²) in [5.41, 5.74) is 4.53. The molecule has 0 bridgehead atoms. The molecule has 1 saturated heterocycles. The van der Waals surface area contributed by atoms with Gasteiger partial charge in [-0.1, -0.05) is 26.0 Å². The molecule has 2 heterocycles. The highest BCUT2D eigenvalue weighted by molar-refractivity contribution is 5.90. The summed E-state index contributed by atoms with van der Waals surface area (Å²) >= 11 is 0. The highest BCUT2D eigenvalue weighted by Gasteiger charge is 2.30. The lowest BCUT2D eigenvalue weighted by Crippen LogP contribution is -2.34. The number of anilines is 1. The van der Waals surface area contributed by atoms with E-state index >= 15 is 0 Å². The van der Waals surface area contributed by atoms with Crippen molar-refractivity contribution in [3.63, 3.8) is 0 Å². The van der Waals surface area contributed by atoms with Crippen LogP contribution in [-0.2, 0) is 12.8 Å². The summed E-state index contributed by atoms with van der Waals surface area (Å²) in [5.74, 6) is 0. The first kappa shape index (κ1) is 16.5. The number of pyridine rings is 1. The summed E-state index contributed by atoms with van der Waals surface area (Å²) in [6.45, 7) is 5.05. The first-order valence-electron chi connectivity index (χ1n) is 8.82. The van der Waals surface area contributed by atoms with E-state index in [2.05, 4.69) is 42.3 Å².